The van der Waals surface area contributed by atoms with Crippen LogP contribution in [0.4, 0.5) is 17.1 Å². The number of carbonyl (C=O) groups excluding carboxylic acids is 1. The van der Waals surface area contributed by atoms with E-state index in [0.717, 1.165) is 42.1 Å². The highest BCUT2D eigenvalue weighted by Gasteiger charge is 2.19. The highest BCUT2D eigenvalue weighted by Crippen LogP contribution is 2.33. The van der Waals surface area contributed by atoms with Gasteiger partial charge in [-0.15, -0.1) is 0 Å². The largest absolute Gasteiger partial charge is 0.397 e. The molecule has 1 aliphatic rings. The molecule has 1 heterocycles. The molecule has 0 unspecified atom stereocenters. The summed E-state index contributed by atoms with van der Waals surface area (Å²) in [5.41, 5.74) is 9.98. The first-order valence-electron chi connectivity index (χ1n) is 7.47. The van der Waals surface area contributed by atoms with Crippen LogP contribution in [0.1, 0.15) is 25.8 Å². The van der Waals surface area contributed by atoms with E-state index in [1.807, 2.05) is 12.1 Å². The minimum atomic E-state index is 0.0746. The second kappa shape index (κ2) is 6.80. The fourth-order valence-electron chi connectivity index (χ4n) is 2.66. The van der Waals surface area contributed by atoms with Crippen molar-refractivity contribution < 1.29 is 9.53 Å². The van der Waals surface area contributed by atoms with Crippen molar-refractivity contribution in [1.29, 1.82) is 0 Å². The number of carbonyl (C=O) groups is 1. The summed E-state index contributed by atoms with van der Waals surface area (Å²) in [7, 11) is 1.70. The first kappa shape index (κ1) is 15.6. The number of hydrogen-bond acceptors (Lipinski definition) is 4. The van der Waals surface area contributed by atoms with Crippen molar-refractivity contribution in [3.05, 3.63) is 17.7 Å². The van der Waals surface area contributed by atoms with Gasteiger partial charge >= 0.3 is 0 Å². The van der Waals surface area contributed by atoms with Crippen molar-refractivity contribution in [3.8, 4) is 0 Å². The zero-order chi connectivity index (χ0) is 15.4. The fraction of sp³-hybridized carbons (Fsp3) is 0.562. The van der Waals surface area contributed by atoms with Crippen molar-refractivity contribution in [3.63, 3.8) is 0 Å². The summed E-state index contributed by atoms with van der Waals surface area (Å²) in [5, 5.41) is 2.94. The molecule has 0 bridgehead atoms. The smallest absolute Gasteiger partial charge is 0.224 e. The first-order chi connectivity index (χ1) is 10.0. The number of rotatable bonds is 6. The Hall–Kier alpha value is -1.75. The van der Waals surface area contributed by atoms with Crippen LogP contribution in [0.25, 0.3) is 0 Å². The summed E-state index contributed by atoms with van der Waals surface area (Å²) < 4.78 is 5.19. The number of ether oxygens (including phenoxy) is 1. The maximum absolute atomic E-state index is 11.6. The second-order valence-electron chi connectivity index (χ2n) is 5.95. The molecule has 0 atom stereocenters. The van der Waals surface area contributed by atoms with Crippen molar-refractivity contribution in [2.45, 2.75) is 26.7 Å². The Labute approximate surface area is 126 Å². The van der Waals surface area contributed by atoms with Gasteiger partial charge in [-0.05, 0) is 30.0 Å². The number of fused-ring (bicyclic) bond motifs is 1. The number of nitrogens with one attached hydrogen (secondary N) is 1. The van der Waals surface area contributed by atoms with Crippen molar-refractivity contribution >= 4 is 23.0 Å². The summed E-state index contributed by atoms with van der Waals surface area (Å²) in [5.74, 6) is 0.595. The zero-order valence-corrected chi connectivity index (χ0v) is 13.1. The van der Waals surface area contributed by atoms with Crippen LogP contribution in [-0.4, -0.2) is 32.7 Å². The van der Waals surface area contributed by atoms with Crippen LogP contribution in [-0.2, 0) is 16.0 Å². The van der Waals surface area contributed by atoms with Gasteiger partial charge in [0, 0.05) is 32.3 Å². The number of nitrogens with zero attached hydrogens (tertiary/aromatic N) is 1. The minimum absolute atomic E-state index is 0.0746. The van der Waals surface area contributed by atoms with Gasteiger partial charge in [-0.1, -0.05) is 13.8 Å². The van der Waals surface area contributed by atoms with E-state index in [9.17, 15) is 4.79 Å². The number of aryl methyl sites for hydroxylation is 1. The van der Waals surface area contributed by atoms with Crippen LogP contribution >= 0.6 is 0 Å². The van der Waals surface area contributed by atoms with Gasteiger partial charge in [0.15, 0.2) is 0 Å². The number of nitrogen functional groups attached to an aromatic ring is 1. The third-order valence-corrected chi connectivity index (χ3v) is 3.64. The molecular formula is C16H25N3O2. The SMILES string of the molecule is COCCN(CC(C)C)c1cc2c(cc1N)CCC(=O)N2. The molecule has 0 fully saturated rings. The average molecular weight is 291 g/mol. The van der Waals surface area contributed by atoms with E-state index < -0.39 is 0 Å². The summed E-state index contributed by atoms with van der Waals surface area (Å²) in [6, 6.07) is 3.99. The molecule has 0 radical (unpaired) electrons. The molecule has 21 heavy (non-hydrogen) atoms. The summed E-state index contributed by atoms with van der Waals surface area (Å²) >= 11 is 0. The highest BCUT2D eigenvalue weighted by atomic mass is 16.5. The molecule has 0 aliphatic carbocycles. The lowest BCUT2D eigenvalue weighted by Crippen LogP contribution is -2.32. The second-order valence-corrected chi connectivity index (χ2v) is 5.95. The molecule has 5 nitrogen and oxygen atoms in total. The van der Waals surface area contributed by atoms with Gasteiger partial charge in [-0.2, -0.15) is 0 Å². The number of hydrogen-bond donors (Lipinski definition) is 2. The van der Waals surface area contributed by atoms with Crippen LogP contribution in [0.3, 0.4) is 0 Å². The van der Waals surface area contributed by atoms with Gasteiger partial charge in [0.25, 0.3) is 0 Å². The van der Waals surface area contributed by atoms with Crippen LogP contribution in [0.15, 0.2) is 12.1 Å². The van der Waals surface area contributed by atoms with E-state index in [-0.39, 0.29) is 5.91 Å². The predicted octanol–water partition coefficient (Wildman–Crippen LogP) is 2.26. The third-order valence-electron chi connectivity index (χ3n) is 3.64. The van der Waals surface area contributed by atoms with Crippen molar-refractivity contribution in [2.75, 3.05) is 42.8 Å². The Morgan fingerprint density at radius 2 is 2.14 bits per heavy atom. The Morgan fingerprint density at radius 1 is 1.38 bits per heavy atom. The Bertz CT molecular complexity index is 514. The molecule has 2 rings (SSSR count). The van der Waals surface area contributed by atoms with Gasteiger partial charge in [0.2, 0.25) is 5.91 Å². The predicted molar refractivity (Wildman–Crippen MR) is 86.7 cm³/mol. The monoisotopic (exact) mass is 291 g/mol. The molecular weight excluding hydrogens is 266 g/mol. The van der Waals surface area contributed by atoms with Crippen molar-refractivity contribution in [1.82, 2.24) is 0 Å². The number of amides is 1. The number of nitrogens with two attached hydrogens (primary N) is 1. The summed E-state index contributed by atoms with van der Waals surface area (Å²) in [4.78, 5) is 13.8. The van der Waals surface area contributed by atoms with Gasteiger partial charge in [-0.25, -0.2) is 0 Å². The van der Waals surface area contributed by atoms with Gasteiger partial charge in [-0.3, -0.25) is 4.79 Å². The fourth-order valence-corrected chi connectivity index (χ4v) is 2.66. The summed E-state index contributed by atoms with van der Waals surface area (Å²) in [6.07, 6.45) is 1.29. The molecule has 3 N–H and O–H groups in total. The van der Waals surface area contributed by atoms with E-state index in [0.29, 0.717) is 18.9 Å². The third kappa shape index (κ3) is 3.88. The van der Waals surface area contributed by atoms with Crippen LogP contribution in [0, 0.1) is 5.92 Å². The molecule has 0 saturated heterocycles. The molecule has 1 aliphatic heterocycles. The Morgan fingerprint density at radius 3 is 2.81 bits per heavy atom. The average Bonchev–Trinajstić information content (AvgIpc) is 2.43. The molecule has 1 aromatic carbocycles. The Balaban J connectivity index is 2.30. The molecule has 0 aromatic heterocycles. The number of methoxy groups -OCH3 is 1. The standard InChI is InChI=1S/C16H25N3O2/c1-11(2)10-19(6-7-21-3)15-9-14-12(8-13(15)17)4-5-16(20)18-14/h8-9,11H,4-7,10,17H2,1-3H3,(H,18,20). The van der Waals surface area contributed by atoms with E-state index >= 15 is 0 Å². The van der Waals surface area contributed by atoms with E-state index in [1.54, 1.807) is 7.11 Å². The molecule has 1 amide bonds. The topological polar surface area (TPSA) is 67.6 Å². The van der Waals surface area contributed by atoms with E-state index in [1.165, 1.54) is 0 Å². The molecule has 116 valence electrons. The van der Waals surface area contributed by atoms with Crippen LogP contribution in [0.2, 0.25) is 0 Å². The minimum Gasteiger partial charge on any atom is -0.397 e. The molecule has 1 aromatic rings. The van der Waals surface area contributed by atoms with Gasteiger partial charge < -0.3 is 20.7 Å². The highest BCUT2D eigenvalue weighted by molar-refractivity contribution is 5.95. The van der Waals surface area contributed by atoms with Crippen LogP contribution in [0.5, 0.6) is 0 Å². The van der Waals surface area contributed by atoms with Crippen LogP contribution < -0.4 is 16.0 Å². The normalized spacial score (nSPS) is 14.0. The summed E-state index contributed by atoms with van der Waals surface area (Å²) in [6.45, 7) is 6.69. The maximum Gasteiger partial charge on any atom is 0.224 e. The lowest BCUT2D eigenvalue weighted by atomic mass is 10.0. The van der Waals surface area contributed by atoms with E-state index in [4.69, 9.17) is 10.5 Å². The molecule has 0 saturated carbocycles. The lowest BCUT2D eigenvalue weighted by Gasteiger charge is -2.29. The lowest BCUT2D eigenvalue weighted by molar-refractivity contribution is -0.116. The number of anilines is 3. The molecule has 0 spiro atoms. The quantitative estimate of drug-likeness (QED) is 0.789. The van der Waals surface area contributed by atoms with Crippen molar-refractivity contribution in [2.24, 2.45) is 5.92 Å². The Kier molecular flexibility index (Phi) is 5.07. The van der Waals surface area contributed by atoms with Gasteiger partial charge in [0.1, 0.15) is 0 Å². The number of benzene rings is 1. The first-order valence-corrected chi connectivity index (χ1v) is 7.47. The zero-order valence-electron chi connectivity index (χ0n) is 13.1. The maximum atomic E-state index is 11.6. The van der Waals surface area contributed by atoms with E-state index in [2.05, 4.69) is 24.1 Å². The molecule has 5 heteroatoms. The van der Waals surface area contributed by atoms with Gasteiger partial charge in [0.05, 0.1) is 18.0 Å².